The van der Waals surface area contributed by atoms with Gasteiger partial charge in [0.05, 0.1) is 20.3 Å². The number of benzene rings is 1. The molecule has 1 aromatic carbocycles. The van der Waals surface area contributed by atoms with E-state index in [2.05, 4.69) is 5.32 Å². The highest BCUT2D eigenvalue weighted by Gasteiger charge is 2.50. The van der Waals surface area contributed by atoms with Crippen molar-refractivity contribution in [1.29, 1.82) is 0 Å². The lowest BCUT2D eigenvalue weighted by Crippen LogP contribution is -2.48. The number of carbonyl (C=O) groups excluding carboxylic acids is 5. The Morgan fingerprint density at radius 3 is 2.26 bits per heavy atom. The van der Waals surface area contributed by atoms with Crippen LogP contribution in [-0.2, 0) is 44.7 Å². The molecule has 1 aliphatic rings. The van der Waals surface area contributed by atoms with Crippen LogP contribution in [0.5, 0.6) is 0 Å². The number of alkyl carbamates (subject to hydrolysis) is 1. The Hall–Kier alpha value is -4.09. The first-order valence-corrected chi connectivity index (χ1v) is 11.9. The molecule has 1 N–H and O–H groups in total. The molecule has 0 aliphatic carbocycles. The number of amides is 2. The molecule has 0 unspecified atom stereocenters. The summed E-state index contributed by atoms with van der Waals surface area (Å²) in [5.74, 6) is -2.23. The third-order valence-corrected chi connectivity index (χ3v) is 5.39. The lowest BCUT2D eigenvalue weighted by Gasteiger charge is -2.32. The van der Waals surface area contributed by atoms with E-state index in [4.69, 9.17) is 23.7 Å². The Labute approximate surface area is 221 Å². The fourth-order valence-corrected chi connectivity index (χ4v) is 3.83. The van der Waals surface area contributed by atoms with Gasteiger partial charge in [-0.15, -0.1) is 0 Å². The van der Waals surface area contributed by atoms with E-state index >= 15 is 0 Å². The second-order valence-corrected chi connectivity index (χ2v) is 9.41. The Bertz CT molecular complexity index is 1050. The van der Waals surface area contributed by atoms with Crippen LogP contribution in [0.15, 0.2) is 42.1 Å². The van der Waals surface area contributed by atoms with Gasteiger partial charge >= 0.3 is 30.1 Å². The van der Waals surface area contributed by atoms with E-state index in [1.807, 2.05) is 6.07 Å². The van der Waals surface area contributed by atoms with Gasteiger partial charge in [-0.3, -0.25) is 15.0 Å². The Morgan fingerprint density at radius 2 is 1.71 bits per heavy atom. The smallest absolute Gasteiger partial charge is 0.412 e. The fourth-order valence-electron chi connectivity index (χ4n) is 3.83. The third kappa shape index (κ3) is 8.79. The molecule has 12 nitrogen and oxygen atoms in total. The lowest BCUT2D eigenvalue weighted by atomic mass is 10.1. The lowest BCUT2D eigenvalue weighted by molar-refractivity contribution is -0.148. The second kappa shape index (κ2) is 13.5. The molecule has 12 heteroatoms. The summed E-state index contributed by atoms with van der Waals surface area (Å²) >= 11 is 0. The van der Waals surface area contributed by atoms with Crippen molar-refractivity contribution < 1.29 is 47.7 Å². The predicted molar refractivity (Wildman–Crippen MR) is 132 cm³/mol. The number of rotatable bonds is 8. The zero-order valence-electron chi connectivity index (χ0n) is 22.3. The van der Waals surface area contributed by atoms with Crippen LogP contribution in [0.3, 0.4) is 0 Å². The van der Waals surface area contributed by atoms with Crippen molar-refractivity contribution in [2.45, 2.75) is 70.9 Å². The summed E-state index contributed by atoms with van der Waals surface area (Å²) in [6.07, 6.45) is -1.54. The molecule has 0 aromatic heterocycles. The molecule has 2 rings (SSSR count). The van der Waals surface area contributed by atoms with Gasteiger partial charge in [0.25, 0.3) is 0 Å². The molecule has 0 radical (unpaired) electrons. The normalized spacial score (nSPS) is 19.3. The van der Waals surface area contributed by atoms with Gasteiger partial charge in [0.1, 0.15) is 30.1 Å². The van der Waals surface area contributed by atoms with Crippen LogP contribution in [0.2, 0.25) is 0 Å². The number of methoxy groups -OCH3 is 2. The molecule has 1 saturated heterocycles. The Kier molecular flexibility index (Phi) is 10.7. The summed E-state index contributed by atoms with van der Waals surface area (Å²) in [6.45, 7) is 6.14. The van der Waals surface area contributed by atoms with E-state index in [-0.39, 0.29) is 25.1 Å². The first-order valence-electron chi connectivity index (χ1n) is 11.9. The summed E-state index contributed by atoms with van der Waals surface area (Å²) in [6, 6.07) is 6.89. The van der Waals surface area contributed by atoms with Gasteiger partial charge in [0, 0.05) is 13.3 Å². The molecule has 1 heterocycles. The number of hydrogen-bond acceptors (Lipinski definition) is 10. The molecular formula is C26H34N2O10. The molecule has 1 aromatic rings. The highest BCUT2D eigenvalue weighted by molar-refractivity contribution is 5.92. The monoisotopic (exact) mass is 534 g/mol. The van der Waals surface area contributed by atoms with E-state index < -0.39 is 53.9 Å². The highest BCUT2D eigenvalue weighted by atomic mass is 16.6. The van der Waals surface area contributed by atoms with Crippen molar-refractivity contribution in [3.63, 3.8) is 0 Å². The standard InChI is InChI=1S/C26H34N2O10/c1-16(29)37-21-14-20(23(31)35-6)28(25(33)38-26(2,3)4)19(21)13-12-18(22(30)34-5)27-24(32)36-15-17-10-8-7-9-11-17/h7-12,19-21H,13-15H2,1-6H3,(H,27,32)/t19-,20+,21-/m1/s1. The van der Waals surface area contributed by atoms with E-state index in [0.29, 0.717) is 0 Å². The number of nitrogens with zero attached hydrogens (tertiary/aromatic N) is 1. The minimum absolute atomic E-state index is 0.0362. The maximum absolute atomic E-state index is 13.1. The van der Waals surface area contributed by atoms with Gasteiger partial charge in [0.15, 0.2) is 0 Å². The maximum atomic E-state index is 13.1. The molecule has 0 spiro atoms. The summed E-state index contributed by atoms with van der Waals surface area (Å²) < 4.78 is 25.6. The highest BCUT2D eigenvalue weighted by Crippen LogP contribution is 2.32. The van der Waals surface area contributed by atoms with Gasteiger partial charge in [-0.2, -0.15) is 0 Å². The van der Waals surface area contributed by atoms with Gasteiger partial charge in [0.2, 0.25) is 0 Å². The van der Waals surface area contributed by atoms with Crippen LogP contribution in [0.4, 0.5) is 9.59 Å². The second-order valence-electron chi connectivity index (χ2n) is 9.41. The topological polar surface area (TPSA) is 147 Å². The van der Waals surface area contributed by atoms with E-state index in [1.54, 1.807) is 45.0 Å². The average molecular weight is 535 g/mol. The van der Waals surface area contributed by atoms with Gasteiger partial charge < -0.3 is 23.7 Å². The van der Waals surface area contributed by atoms with E-state index in [0.717, 1.165) is 17.6 Å². The SMILES string of the molecule is COC(=O)C(=CC[C@@H]1[C@H](OC(C)=O)C[C@@H](C(=O)OC)N1C(=O)OC(C)(C)C)NC(=O)OCc1ccccc1. The summed E-state index contributed by atoms with van der Waals surface area (Å²) in [5, 5.41) is 2.34. The number of hydrogen-bond donors (Lipinski definition) is 1. The van der Waals surface area contributed by atoms with Gasteiger partial charge in [-0.1, -0.05) is 36.4 Å². The number of carbonyl (C=O) groups is 5. The largest absolute Gasteiger partial charge is 0.467 e. The first-order chi connectivity index (χ1) is 17.9. The van der Waals surface area contributed by atoms with Crippen molar-refractivity contribution in [2.75, 3.05) is 14.2 Å². The number of ether oxygens (including phenoxy) is 5. The summed E-state index contributed by atoms with van der Waals surface area (Å²) in [5.41, 5.74) is -0.417. The van der Waals surface area contributed by atoms with Gasteiger partial charge in [-0.25, -0.2) is 19.2 Å². The van der Waals surface area contributed by atoms with Crippen LogP contribution < -0.4 is 5.32 Å². The van der Waals surface area contributed by atoms with Crippen molar-refractivity contribution in [1.82, 2.24) is 10.2 Å². The number of esters is 3. The zero-order chi connectivity index (χ0) is 28.5. The Morgan fingerprint density at radius 1 is 1.05 bits per heavy atom. The maximum Gasteiger partial charge on any atom is 0.412 e. The van der Waals surface area contributed by atoms with E-state index in [9.17, 15) is 24.0 Å². The van der Waals surface area contributed by atoms with E-state index in [1.165, 1.54) is 20.1 Å². The number of nitrogens with one attached hydrogen (secondary N) is 1. The minimum atomic E-state index is -1.11. The fraction of sp³-hybridized carbons (Fsp3) is 0.500. The van der Waals surface area contributed by atoms with Crippen LogP contribution in [0.1, 0.15) is 46.1 Å². The molecule has 0 bridgehead atoms. The minimum Gasteiger partial charge on any atom is -0.467 e. The molecule has 0 saturated carbocycles. The Balaban J connectivity index is 2.32. The zero-order valence-corrected chi connectivity index (χ0v) is 22.3. The quantitative estimate of drug-likeness (QED) is 0.300. The molecule has 208 valence electrons. The third-order valence-electron chi connectivity index (χ3n) is 5.39. The molecule has 38 heavy (non-hydrogen) atoms. The predicted octanol–water partition coefficient (Wildman–Crippen LogP) is 2.84. The molecular weight excluding hydrogens is 500 g/mol. The number of likely N-dealkylation sites (tertiary alicyclic amines) is 1. The molecule has 3 atom stereocenters. The van der Waals surface area contributed by atoms with Crippen LogP contribution in [0, 0.1) is 0 Å². The van der Waals surface area contributed by atoms with Crippen molar-refractivity contribution in [3.05, 3.63) is 47.7 Å². The van der Waals surface area contributed by atoms with Crippen molar-refractivity contribution in [3.8, 4) is 0 Å². The summed E-state index contributed by atoms with van der Waals surface area (Å²) in [7, 11) is 2.30. The van der Waals surface area contributed by atoms with Crippen LogP contribution in [0.25, 0.3) is 0 Å². The first kappa shape index (κ1) is 30.1. The molecule has 2 amide bonds. The summed E-state index contributed by atoms with van der Waals surface area (Å²) in [4.78, 5) is 63.3. The van der Waals surface area contributed by atoms with Crippen molar-refractivity contribution >= 4 is 30.1 Å². The van der Waals surface area contributed by atoms with Crippen LogP contribution >= 0.6 is 0 Å². The van der Waals surface area contributed by atoms with Gasteiger partial charge in [-0.05, 0) is 32.8 Å². The van der Waals surface area contributed by atoms with Crippen LogP contribution in [-0.4, -0.2) is 73.0 Å². The molecule has 1 fully saturated rings. The van der Waals surface area contributed by atoms with Crippen molar-refractivity contribution in [2.24, 2.45) is 0 Å². The molecule has 1 aliphatic heterocycles. The average Bonchev–Trinajstić information content (AvgIpc) is 3.21.